The van der Waals surface area contributed by atoms with Gasteiger partial charge in [-0.2, -0.15) is 5.26 Å². The summed E-state index contributed by atoms with van der Waals surface area (Å²) in [6.45, 7) is 0. The Bertz CT molecular complexity index is 156. The second kappa shape index (κ2) is 5.66. The minimum absolute atomic E-state index is 0.422. The Balaban J connectivity index is 3.22. The molecule has 5 heteroatoms. The molecule has 2 unspecified atom stereocenters. The zero-order valence-electron chi connectivity index (χ0n) is 5.42. The van der Waals surface area contributed by atoms with Gasteiger partial charge in [0.15, 0.2) is 0 Å². The van der Waals surface area contributed by atoms with E-state index in [4.69, 9.17) is 22.0 Å². The number of alkyl halides is 1. The Morgan fingerprint density at radius 2 is 2.40 bits per heavy atom. The molecule has 10 heavy (non-hydrogen) atoms. The van der Waals surface area contributed by atoms with Gasteiger partial charge in [0.25, 0.3) is 0 Å². The van der Waals surface area contributed by atoms with Gasteiger partial charge in [-0.3, -0.25) is 5.14 Å². The van der Waals surface area contributed by atoms with Gasteiger partial charge in [0, 0.05) is 5.75 Å². The normalized spacial score (nSPS) is 15.7. The van der Waals surface area contributed by atoms with E-state index in [0.717, 1.165) is 0 Å². The highest BCUT2D eigenvalue weighted by Gasteiger charge is 2.01. The third-order valence-electron chi connectivity index (χ3n) is 0.943. The van der Waals surface area contributed by atoms with E-state index in [1.54, 1.807) is 0 Å². The van der Waals surface area contributed by atoms with E-state index in [-0.39, 0.29) is 0 Å². The van der Waals surface area contributed by atoms with Gasteiger partial charge in [0.2, 0.25) is 0 Å². The second-order valence-corrected chi connectivity index (χ2v) is 3.52. The molecule has 58 valence electrons. The monoisotopic (exact) mass is 180 g/mol. The molecule has 0 rings (SSSR count). The van der Waals surface area contributed by atoms with Crippen molar-refractivity contribution in [3.8, 4) is 6.07 Å². The summed E-state index contributed by atoms with van der Waals surface area (Å²) < 4.78 is 10.3. The smallest absolute Gasteiger partial charge is 0.120 e. The topological polar surface area (TPSA) is 66.9 Å². The zero-order chi connectivity index (χ0) is 7.98. The van der Waals surface area contributed by atoms with Crippen LogP contribution >= 0.6 is 11.6 Å². The summed E-state index contributed by atoms with van der Waals surface area (Å²) in [5.74, 6) is 0.422. The van der Waals surface area contributed by atoms with Gasteiger partial charge in [-0.1, -0.05) is 0 Å². The summed E-state index contributed by atoms with van der Waals surface area (Å²) in [4.78, 5) is 0. The lowest BCUT2D eigenvalue weighted by Gasteiger charge is -1.96. The molecule has 2 atom stereocenters. The lowest BCUT2D eigenvalue weighted by atomic mass is 10.3. The Morgan fingerprint density at radius 1 is 1.80 bits per heavy atom. The number of hydrogen-bond donors (Lipinski definition) is 1. The number of nitrogens with zero attached hydrogens (tertiary/aromatic N) is 1. The van der Waals surface area contributed by atoms with Crippen LogP contribution in [0.25, 0.3) is 0 Å². The number of hydrogen-bond acceptors (Lipinski definition) is 2. The first-order valence-electron chi connectivity index (χ1n) is 2.83. The summed E-state index contributed by atoms with van der Waals surface area (Å²) in [6.07, 6.45) is 1.20. The third kappa shape index (κ3) is 6.02. The summed E-state index contributed by atoms with van der Waals surface area (Å²) in [6, 6.07) is 1.86. The van der Waals surface area contributed by atoms with Gasteiger partial charge in [-0.25, -0.2) is 4.21 Å². The van der Waals surface area contributed by atoms with Crippen LogP contribution in [0.5, 0.6) is 0 Å². The van der Waals surface area contributed by atoms with E-state index in [1.807, 2.05) is 6.07 Å². The first kappa shape index (κ1) is 9.89. The van der Waals surface area contributed by atoms with E-state index >= 15 is 0 Å². The molecule has 3 nitrogen and oxygen atoms in total. The van der Waals surface area contributed by atoms with Crippen LogP contribution in [0.1, 0.15) is 12.8 Å². The molecular formula is C5H9ClN2OS. The molecule has 0 aromatic heterocycles. The molecule has 0 saturated heterocycles. The van der Waals surface area contributed by atoms with E-state index < -0.39 is 16.4 Å². The van der Waals surface area contributed by atoms with E-state index in [9.17, 15) is 4.21 Å². The predicted octanol–water partition coefficient (Wildman–Crippen LogP) is 0.520. The maximum Gasteiger partial charge on any atom is 0.120 e. The van der Waals surface area contributed by atoms with Crippen LogP contribution in [-0.4, -0.2) is 15.3 Å². The third-order valence-corrected chi connectivity index (χ3v) is 1.95. The fraction of sp³-hybridized carbons (Fsp3) is 0.800. The van der Waals surface area contributed by atoms with Crippen molar-refractivity contribution in [3.63, 3.8) is 0 Å². The predicted molar refractivity (Wildman–Crippen MR) is 41.7 cm³/mol. The Labute approximate surface area is 67.7 Å². The van der Waals surface area contributed by atoms with Crippen LogP contribution in [0.3, 0.4) is 0 Å². The van der Waals surface area contributed by atoms with Crippen molar-refractivity contribution in [3.05, 3.63) is 0 Å². The molecule has 0 aromatic carbocycles. The lowest BCUT2D eigenvalue weighted by Crippen LogP contribution is -2.08. The molecule has 0 amide bonds. The van der Waals surface area contributed by atoms with Crippen LogP contribution in [0, 0.1) is 11.3 Å². The summed E-state index contributed by atoms with van der Waals surface area (Å²) in [7, 11) is -1.25. The molecule has 2 N–H and O–H groups in total. The van der Waals surface area contributed by atoms with Crippen molar-refractivity contribution in [1.82, 2.24) is 0 Å². The maximum absolute atomic E-state index is 10.3. The molecule has 0 aliphatic carbocycles. The first-order chi connectivity index (χ1) is 4.66. The fourth-order valence-electron chi connectivity index (χ4n) is 0.469. The number of nitrogens with two attached hydrogens (primary N) is 1. The van der Waals surface area contributed by atoms with Gasteiger partial charge in [0.1, 0.15) is 5.38 Å². The van der Waals surface area contributed by atoms with Gasteiger partial charge in [-0.15, -0.1) is 11.6 Å². The highest BCUT2D eigenvalue weighted by atomic mass is 35.5. The largest absolute Gasteiger partial charge is 0.252 e. The minimum atomic E-state index is -1.25. The maximum atomic E-state index is 10.3. The average molecular weight is 181 g/mol. The van der Waals surface area contributed by atoms with Crippen molar-refractivity contribution < 1.29 is 4.21 Å². The number of nitriles is 1. The number of halogens is 1. The Morgan fingerprint density at radius 3 is 2.80 bits per heavy atom. The van der Waals surface area contributed by atoms with Crippen LogP contribution in [0.4, 0.5) is 0 Å². The molecule has 0 radical (unpaired) electrons. The van der Waals surface area contributed by atoms with Gasteiger partial charge in [-0.05, 0) is 12.8 Å². The van der Waals surface area contributed by atoms with Crippen LogP contribution in [0.15, 0.2) is 0 Å². The second-order valence-electron chi connectivity index (χ2n) is 1.82. The molecule has 0 fully saturated rings. The van der Waals surface area contributed by atoms with Gasteiger partial charge >= 0.3 is 0 Å². The number of rotatable bonds is 4. The molecule has 0 aliphatic rings. The van der Waals surface area contributed by atoms with Crippen molar-refractivity contribution in [2.45, 2.75) is 18.2 Å². The lowest BCUT2D eigenvalue weighted by molar-refractivity contribution is 0.679. The highest BCUT2D eigenvalue weighted by Crippen LogP contribution is 2.03. The van der Waals surface area contributed by atoms with Crippen LogP contribution in [0.2, 0.25) is 0 Å². The molecule has 0 saturated carbocycles. The molecule has 0 spiro atoms. The molecule has 0 heterocycles. The quantitative estimate of drug-likeness (QED) is 0.641. The van der Waals surface area contributed by atoms with Crippen molar-refractivity contribution >= 4 is 22.6 Å². The van der Waals surface area contributed by atoms with Crippen molar-refractivity contribution in [2.24, 2.45) is 5.14 Å². The van der Waals surface area contributed by atoms with Crippen LogP contribution < -0.4 is 5.14 Å². The van der Waals surface area contributed by atoms with Gasteiger partial charge in [0.05, 0.1) is 17.1 Å². The van der Waals surface area contributed by atoms with E-state index in [2.05, 4.69) is 0 Å². The Kier molecular flexibility index (Phi) is 5.60. The van der Waals surface area contributed by atoms with Crippen molar-refractivity contribution in [1.29, 1.82) is 5.26 Å². The van der Waals surface area contributed by atoms with E-state index in [1.165, 1.54) is 0 Å². The molecule has 0 aliphatic heterocycles. The zero-order valence-corrected chi connectivity index (χ0v) is 6.99. The van der Waals surface area contributed by atoms with Crippen LogP contribution in [-0.2, 0) is 11.0 Å². The summed E-state index contributed by atoms with van der Waals surface area (Å²) in [5.41, 5.74) is 0. The summed E-state index contributed by atoms with van der Waals surface area (Å²) >= 11 is 5.45. The fourth-order valence-corrected chi connectivity index (χ4v) is 1.07. The minimum Gasteiger partial charge on any atom is -0.252 e. The average Bonchev–Trinajstić information content (AvgIpc) is 1.87. The summed E-state index contributed by atoms with van der Waals surface area (Å²) in [5, 5.41) is 12.7. The highest BCUT2D eigenvalue weighted by molar-refractivity contribution is 7.82. The first-order valence-corrected chi connectivity index (χ1v) is 4.65. The van der Waals surface area contributed by atoms with Crippen molar-refractivity contribution in [2.75, 3.05) is 5.75 Å². The SMILES string of the molecule is N#CC(Cl)CCCS(N)=O. The van der Waals surface area contributed by atoms with E-state index in [0.29, 0.717) is 18.6 Å². The Hall–Kier alpha value is -0.110. The standard InChI is InChI=1S/C5H9ClN2OS/c6-5(4-7)2-1-3-10(8)9/h5H,1-3,8H2. The van der Waals surface area contributed by atoms with Gasteiger partial charge < -0.3 is 0 Å². The molecule has 0 bridgehead atoms. The molecule has 0 aromatic rings. The molecular weight excluding hydrogens is 172 g/mol.